The summed E-state index contributed by atoms with van der Waals surface area (Å²) in [5, 5.41) is 10.2. The number of hydrogen-bond donors (Lipinski definition) is 2. The number of hydrogen-bond acceptors (Lipinski definition) is 3. The first-order valence-electron chi connectivity index (χ1n) is 5.66. The molecule has 94 valence electrons. The van der Waals surface area contributed by atoms with Crippen molar-refractivity contribution in [3.63, 3.8) is 0 Å². The fourth-order valence-electron chi connectivity index (χ4n) is 1.87. The molecular formula is C14H15FN2O. The lowest BCUT2D eigenvalue weighted by atomic mass is 9.99. The molecule has 0 amide bonds. The minimum Gasteiger partial charge on any atom is -0.383 e. The zero-order valence-corrected chi connectivity index (χ0v) is 10.3. The van der Waals surface area contributed by atoms with Crippen LogP contribution in [0.15, 0.2) is 30.5 Å². The Morgan fingerprint density at radius 1 is 1.28 bits per heavy atom. The second-order valence-electron chi connectivity index (χ2n) is 4.37. The molecule has 1 atom stereocenters. The number of nitrogens with zero attached hydrogens (tertiary/aromatic N) is 1. The van der Waals surface area contributed by atoms with E-state index >= 15 is 0 Å². The zero-order valence-electron chi connectivity index (χ0n) is 10.3. The second kappa shape index (κ2) is 4.74. The maximum Gasteiger partial charge on any atom is 0.132 e. The highest BCUT2D eigenvalue weighted by molar-refractivity contribution is 5.46. The molecule has 2 rings (SSSR count). The van der Waals surface area contributed by atoms with E-state index in [1.165, 1.54) is 0 Å². The van der Waals surface area contributed by atoms with Gasteiger partial charge in [-0.2, -0.15) is 0 Å². The van der Waals surface area contributed by atoms with Gasteiger partial charge in [0.15, 0.2) is 0 Å². The van der Waals surface area contributed by atoms with Gasteiger partial charge < -0.3 is 10.8 Å². The van der Waals surface area contributed by atoms with Gasteiger partial charge in [0.25, 0.3) is 0 Å². The Bertz CT molecular complexity index is 582. The van der Waals surface area contributed by atoms with Crippen molar-refractivity contribution in [2.45, 2.75) is 20.0 Å². The minimum absolute atomic E-state index is 0.217. The van der Waals surface area contributed by atoms with Crippen LogP contribution in [0, 0.1) is 19.7 Å². The summed E-state index contributed by atoms with van der Waals surface area (Å²) < 4.78 is 13.9. The molecule has 0 aliphatic carbocycles. The van der Waals surface area contributed by atoms with Gasteiger partial charge in [-0.15, -0.1) is 0 Å². The molecular weight excluding hydrogens is 231 g/mol. The molecule has 0 saturated heterocycles. The molecule has 0 aliphatic heterocycles. The molecule has 1 aromatic carbocycles. The Morgan fingerprint density at radius 2 is 2.00 bits per heavy atom. The van der Waals surface area contributed by atoms with E-state index in [0.717, 1.165) is 5.56 Å². The van der Waals surface area contributed by atoms with Gasteiger partial charge in [0.05, 0.1) is 0 Å². The minimum atomic E-state index is -1.10. The second-order valence-corrected chi connectivity index (χ2v) is 4.37. The van der Waals surface area contributed by atoms with Crippen LogP contribution in [-0.2, 0) is 0 Å². The number of rotatable bonds is 2. The van der Waals surface area contributed by atoms with Crippen LogP contribution in [0.2, 0.25) is 0 Å². The highest BCUT2D eigenvalue weighted by Gasteiger charge is 2.19. The number of aliphatic hydroxyl groups is 1. The Labute approximate surface area is 105 Å². The topological polar surface area (TPSA) is 59.1 Å². The van der Waals surface area contributed by atoms with E-state index in [1.807, 2.05) is 6.92 Å². The molecule has 3 nitrogen and oxygen atoms in total. The van der Waals surface area contributed by atoms with Crippen molar-refractivity contribution < 1.29 is 9.50 Å². The standard InChI is InChI=1S/C14H15FN2O/c1-8-6-11(14(16)17-7-8)13(18)10-5-3-4-9(2)12(10)15/h3-7,13,18H,1-2H3,(H2,16,17). The Morgan fingerprint density at radius 3 is 2.72 bits per heavy atom. The Hall–Kier alpha value is -1.94. The third-order valence-electron chi connectivity index (χ3n) is 2.90. The van der Waals surface area contributed by atoms with Crippen molar-refractivity contribution >= 4 is 5.82 Å². The van der Waals surface area contributed by atoms with Crippen LogP contribution in [0.3, 0.4) is 0 Å². The fraction of sp³-hybridized carbons (Fsp3) is 0.214. The van der Waals surface area contributed by atoms with Crippen LogP contribution < -0.4 is 5.73 Å². The molecule has 0 radical (unpaired) electrons. The van der Waals surface area contributed by atoms with E-state index in [0.29, 0.717) is 11.1 Å². The maximum atomic E-state index is 13.9. The molecule has 4 heteroatoms. The van der Waals surface area contributed by atoms with Crippen LogP contribution in [0.1, 0.15) is 28.4 Å². The molecule has 0 fully saturated rings. The highest BCUT2D eigenvalue weighted by Crippen LogP contribution is 2.28. The predicted molar refractivity (Wildman–Crippen MR) is 68.6 cm³/mol. The molecule has 2 aromatic rings. The normalized spacial score (nSPS) is 12.4. The van der Waals surface area contributed by atoms with Gasteiger partial charge in [-0.05, 0) is 31.0 Å². The number of nitrogen functional groups attached to an aromatic ring is 1. The van der Waals surface area contributed by atoms with Crippen LogP contribution in [0.4, 0.5) is 10.2 Å². The van der Waals surface area contributed by atoms with Crippen molar-refractivity contribution in [3.05, 3.63) is 58.5 Å². The molecule has 0 bridgehead atoms. The first kappa shape index (κ1) is 12.5. The lowest BCUT2D eigenvalue weighted by Crippen LogP contribution is -2.08. The van der Waals surface area contributed by atoms with Crippen LogP contribution in [0.5, 0.6) is 0 Å². The van der Waals surface area contributed by atoms with Gasteiger partial charge in [-0.1, -0.05) is 18.2 Å². The quantitative estimate of drug-likeness (QED) is 0.856. The lowest BCUT2D eigenvalue weighted by molar-refractivity contribution is 0.215. The number of nitrogens with two attached hydrogens (primary N) is 1. The monoisotopic (exact) mass is 246 g/mol. The van der Waals surface area contributed by atoms with E-state index in [1.54, 1.807) is 37.4 Å². The molecule has 0 spiro atoms. The van der Waals surface area contributed by atoms with Crippen LogP contribution in [-0.4, -0.2) is 10.1 Å². The number of anilines is 1. The SMILES string of the molecule is Cc1cnc(N)c(C(O)c2cccc(C)c2F)c1. The molecule has 0 saturated carbocycles. The van der Waals surface area contributed by atoms with Gasteiger partial charge in [-0.3, -0.25) is 0 Å². The van der Waals surface area contributed by atoms with Crippen molar-refractivity contribution in [2.75, 3.05) is 5.73 Å². The summed E-state index contributed by atoms with van der Waals surface area (Å²) >= 11 is 0. The number of benzene rings is 1. The summed E-state index contributed by atoms with van der Waals surface area (Å²) in [6, 6.07) is 6.63. The number of aliphatic hydroxyl groups excluding tert-OH is 1. The van der Waals surface area contributed by atoms with Gasteiger partial charge in [0.2, 0.25) is 0 Å². The fourth-order valence-corrected chi connectivity index (χ4v) is 1.87. The van der Waals surface area contributed by atoms with Gasteiger partial charge in [0, 0.05) is 17.3 Å². The first-order chi connectivity index (χ1) is 8.50. The molecule has 0 aliphatic rings. The van der Waals surface area contributed by atoms with E-state index in [2.05, 4.69) is 4.98 Å². The molecule has 1 heterocycles. The van der Waals surface area contributed by atoms with E-state index < -0.39 is 11.9 Å². The van der Waals surface area contributed by atoms with Crippen molar-refractivity contribution in [3.8, 4) is 0 Å². The average molecular weight is 246 g/mol. The Kier molecular flexibility index (Phi) is 3.30. The van der Waals surface area contributed by atoms with Crippen LogP contribution >= 0.6 is 0 Å². The van der Waals surface area contributed by atoms with Crippen molar-refractivity contribution in [1.82, 2.24) is 4.98 Å². The highest BCUT2D eigenvalue weighted by atomic mass is 19.1. The lowest BCUT2D eigenvalue weighted by Gasteiger charge is -2.15. The summed E-state index contributed by atoms with van der Waals surface area (Å²) in [5.41, 5.74) is 7.73. The summed E-state index contributed by atoms with van der Waals surface area (Å²) in [6.45, 7) is 3.50. The smallest absolute Gasteiger partial charge is 0.132 e. The van der Waals surface area contributed by atoms with Gasteiger partial charge >= 0.3 is 0 Å². The van der Waals surface area contributed by atoms with Gasteiger partial charge in [0.1, 0.15) is 17.7 Å². The molecule has 3 N–H and O–H groups in total. The number of halogens is 1. The first-order valence-corrected chi connectivity index (χ1v) is 5.66. The van der Waals surface area contributed by atoms with Crippen molar-refractivity contribution in [2.24, 2.45) is 0 Å². The average Bonchev–Trinajstić information content (AvgIpc) is 2.35. The van der Waals surface area contributed by atoms with Crippen molar-refractivity contribution in [1.29, 1.82) is 0 Å². The zero-order chi connectivity index (χ0) is 13.3. The third-order valence-corrected chi connectivity index (χ3v) is 2.90. The van der Waals surface area contributed by atoms with Crippen LogP contribution in [0.25, 0.3) is 0 Å². The van der Waals surface area contributed by atoms with Gasteiger partial charge in [-0.25, -0.2) is 9.37 Å². The number of pyridine rings is 1. The summed E-state index contributed by atoms with van der Waals surface area (Å²) in [5.74, 6) is -0.195. The number of aryl methyl sites for hydroxylation is 2. The maximum absolute atomic E-state index is 13.9. The molecule has 18 heavy (non-hydrogen) atoms. The Balaban J connectivity index is 2.51. The third kappa shape index (κ3) is 2.19. The predicted octanol–water partition coefficient (Wildman–Crippen LogP) is 2.50. The van der Waals surface area contributed by atoms with E-state index in [4.69, 9.17) is 5.73 Å². The summed E-state index contributed by atoms with van der Waals surface area (Å²) in [7, 11) is 0. The summed E-state index contributed by atoms with van der Waals surface area (Å²) in [4.78, 5) is 3.97. The summed E-state index contributed by atoms with van der Waals surface area (Å²) in [6.07, 6.45) is 0.510. The number of aromatic nitrogens is 1. The molecule has 1 aromatic heterocycles. The van der Waals surface area contributed by atoms with E-state index in [9.17, 15) is 9.50 Å². The largest absolute Gasteiger partial charge is 0.383 e. The van der Waals surface area contributed by atoms with E-state index in [-0.39, 0.29) is 11.4 Å². The molecule has 1 unspecified atom stereocenters.